The maximum atomic E-state index is 12.8. The number of aryl methyl sites for hydroxylation is 1. The van der Waals surface area contributed by atoms with Crippen LogP contribution in [0.5, 0.6) is 5.75 Å². The van der Waals surface area contributed by atoms with Crippen LogP contribution in [0.2, 0.25) is 0 Å². The van der Waals surface area contributed by atoms with Gasteiger partial charge in [0.15, 0.2) is 0 Å². The summed E-state index contributed by atoms with van der Waals surface area (Å²) in [4.78, 5) is 31.4. The summed E-state index contributed by atoms with van der Waals surface area (Å²) in [6, 6.07) is 9.62. The van der Waals surface area contributed by atoms with Crippen molar-refractivity contribution in [3.05, 3.63) is 47.9 Å². The maximum Gasteiger partial charge on any atom is 0.257 e. The van der Waals surface area contributed by atoms with Crippen molar-refractivity contribution in [2.75, 3.05) is 65.0 Å². The van der Waals surface area contributed by atoms with Crippen LogP contribution < -0.4 is 9.64 Å². The number of hydrogen-bond acceptors (Lipinski definition) is 6. The molecule has 1 aromatic heterocycles. The molecule has 0 aliphatic carbocycles. The Hall–Kier alpha value is -3.00. The van der Waals surface area contributed by atoms with E-state index < -0.39 is 0 Å². The van der Waals surface area contributed by atoms with E-state index in [2.05, 4.69) is 4.90 Å². The molecule has 2 aromatic rings. The van der Waals surface area contributed by atoms with Crippen molar-refractivity contribution >= 4 is 17.5 Å². The lowest BCUT2D eigenvalue weighted by molar-refractivity contribution is -0.131. The molecular weight excluding hydrogens is 398 g/mol. The van der Waals surface area contributed by atoms with Crippen LogP contribution >= 0.6 is 0 Å². The molecule has 8 heteroatoms. The van der Waals surface area contributed by atoms with Gasteiger partial charge in [0.2, 0.25) is 5.91 Å². The van der Waals surface area contributed by atoms with Gasteiger partial charge in [0.25, 0.3) is 5.91 Å². The lowest BCUT2D eigenvalue weighted by Crippen LogP contribution is -2.49. The fraction of sp³-hybridized carbons (Fsp3) is 0.478. The minimum absolute atomic E-state index is 0.0634. The minimum atomic E-state index is -0.138. The number of amides is 2. The van der Waals surface area contributed by atoms with Crippen LogP contribution in [0.25, 0.3) is 0 Å². The molecule has 0 N–H and O–H groups in total. The van der Waals surface area contributed by atoms with E-state index in [1.165, 1.54) is 6.26 Å². The zero-order chi connectivity index (χ0) is 22.2. The molecule has 0 unspecified atom stereocenters. The van der Waals surface area contributed by atoms with Crippen molar-refractivity contribution in [2.45, 2.75) is 13.3 Å². The van der Waals surface area contributed by atoms with Gasteiger partial charge < -0.3 is 28.6 Å². The van der Waals surface area contributed by atoms with Gasteiger partial charge in [-0.1, -0.05) is 0 Å². The second-order valence-corrected chi connectivity index (χ2v) is 7.49. The molecule has 168 valence electrons. The molecule has 0 spiro atoms. The first-order valence-electron chi connectivity index (χ1n) is 10.5. The minimum Gasteiger partial charge on any atom is -0.497 e. The summed E-state index contributed by atoms with van der Waals surface area (Å²) in [5.41, 5.74) is 1.65. The van der Waals surface area contributed by atoms with E-state index in [-0.39, 0.29) is 18.2 Å². The molecule has 1 saturated heterocycles. The van der Waals surface area contributed by atoms with Crippen LogP contribution in [0.4, 0.5) is 5.69 Å². The van der Waals surface area contributed by atoms with Crippen LogP contribution in [-0.4, -0.2) is 81.7 Å². The van der Waals surface area contributed by atoms with Crippen molar-refractivity contribution in [3.8, 4) is 5.75 Å². The zero-order valence-corrected chi connectivity index (χ0v) is 18.5. The van der Waals surface area contributed by atoms with E-state index in [4.69, 9.17) is 13.9 Å². The molecule has 3 rings (SSSR count). The van der Waals surface area contributed by atoms with Crippen LogP contribution in [-0.2, 0) is 9.53 Å². The number of carbonyl (C=O) groups excluding carboxylic acids is 2. The number of carbonyl (C=O) groups is 2. The van der Waals surface area contributed by atoms with Gasteiger partial charge >= 0.3 is 0 Å². The number of hydrogen-bond donors (Lipinski definition) is 0. The number of methoxy groups -OCH3 is 2. The number of anilines is 1. The highest BCUT2D eigenvalue weighted by molar-refractivity contribution is 5.95. The molecule has 1 fully saturated rings. The Bertz CT molecular complexity index is 856. The quantitative estimate of drug-likeness (QED) is 0.610. The third-order valence-electron chi connectivity index (χ3n) is 5.61. The number of piperazine rings is 1. The average Bonchev–Trinajstić information content (AvgIpc) is 3.24. The SMILES string of the molecule is COCCN(CCC(=O)N1CCN(c2ccc(OC)cc2)CC1)C(=O)c1ccoc1C. The van der Waals surface area contributed by atoms with Crippen molar-refractivity contribution in [1.82, 2.24) is 9.80 Å². The number of furan rings is 1. The molecule has 1 aliphatic rings. The van der Waals surface area contributed by atoms with Crippen LogP contribution in [0.3, 0.4) is 0 Å². The first-order chi connectivity index (χ1) is 15.0. The molecule has 0 radical (unpaired) electrons. The van der Waals surface area contributed by atoms with Gasteiger partial charge in [-0.05, 0) is 37.3 Å². The molecule has 1 aliphatic heterocycles. The number of rotatable bonds is 9. The Balaban J connectivity index is 1.51. The van der Waals surface area contributed by atoms with Crippen LogP contribution in [0.15, 0.2) is 41.0 Å². The third-order valence-corrected chi connectivity index (χ3v) is 5.61. The number of nitrogens with zero attached hydrogens (tertiary/aromatic N) is 3. The molecule has 0 atom stereocenters. The van der Waals surface area contributed by atoms with Crippen LogP contribution in [0.1, 0.15) is 22.5 Å². The van der Waals surface area contributed by atoms with E-state index in [1.54, 1.807) is 32.1 Å². The van der Waals surface area contributed by atoms with Gasteiger partial charge in [0, 0.05) is 58.5 Å². The third kappa shape index (κ3) is 5.79. The predicted octanol–water partition coefficient (Wildman–Crippen LogP) is 2.42. The molecule has 8 nitrogen and oxygen atoms in total. The smallest absolute Gasteiger partial charge is 0.257 e. The molecular formula is C23H31N3O5. The number of ether oxygens (including phenoxy) is 2. The summed E-state index contributed by atoms with van der Waals surface area (Å²) >= 11 is 0. The van der Waals surface area contributed by atoms with E-state index in [0.717, 1.165) is 24.5 Å². The van der Waals surface area contributed by atoms with E-state index in [0.29, 0.717) is 44.1 Å². The Morgan fingerprint density at radius 3 is 2.32 bits per heavy atom. The van der Waals surface area contributed by atoms with E-state index >= 15 is 0 Å². The Morgan fingerprint density at radius 2 is 1.74 bits per heavy atom. The van der Waals surface area contributed by atoms with Crippen molar-refractivity contribution in [3.63, 3.8) is 0 Å². The fourth-order valence-corrected chi connectivity index (χ4v) is 3.69. The van der Waals surface area contributed by atoms with Gasteiger partial charge in [-0.25, -0.2) is 0 Å². The van der Waals surface area contributed by atoms with Gasteiger partial charge in [0.05, 0.1) is 25.5 Å². The highest BCUT2D eigenvalue weighted by atomic mass is 16.5. The Labute approximate surface area is 183 Å². The summed E-state index contributed by atoms with van der Waals surface area (Å²) in [7, 11) is 3.25. The molecule has 31 heavy (non-hydrogen) atoms. The fourth-order valence-electron chi connectivity index (χ4n) is 3.69. The lowest BCUT2D eigenvalue weighted by Gasteiger charge is -2.36. The van der Waals surface area contributed by atoms with Gasteiger partial charge in [-0.2, -0.15) is 0 Å². The summed E-state index contributed by atoms with van der Waals surface area (Å²) in [6.45, 7) is 5.84. The lowest BCUT2D eigenvalue weighted by atomic mass is 10.2. The molecule has 0 bridgehead atoms. The normalized spacial score (nSPS) is 13.9. The molecule has 1 aromatic carbocycles. The maximum absolute atomic E-state index is 12.8. The van der Waals surface area contributed by atoms with Gasteiger partial charge in [-0.15, -0.1) is 0 Å². The van der Waals surface area contributed by atoms with E-state index in [1.807, 2.05) is 29.2 Å². The molecule has 2 amide bonds. The monoisotopic (exact) mass is 429 g/mol. The van der Waals surface area contributed by atoms with Crippen molar-refractivity contribution < 1.29 is 23.5 Å². The standard InChI is InChI=1S/C23H31N3O5/c1-18-21(9-16-31-18)23(28)26(15-17-29-2)10-8-22(27)25-13-11-24(12-14-25)19-4-6-20(30-3)7-5-19/h4-7,9,16H,8,10-15,17H2,1-3H3. The Kier molecular flexibility index (Phi) is 7.94. The summed E-state index contributed by atoms with van der Waals surface area (Å²) in [6.07, 6.45) is 1.79. The van der Waals surface area contributed by atoms with Gasteiger partial charge in [-0.3, -0.25) is 9.59 Å². The first-order valence-corrected chi connectivity index (χ1v) is 10.5. The molecule has 2 heterocycles. The summed E-state index contributed by atoms with van der Waals surface area (Å²) in [5, 5.41) is 0. The number of benzene rings is 1. The largest absolute Gasteiger partial charge is 0.497 e. The second kappa shape index (κ2) is 10.9. The topological polar surface area (TPSA) is 75.5 Å². The molecule has 0 saturated carbocycles. The second-order valence-electron chi connectivity index (χ2n) is 7.49. The van der Waals surface area contributed by atoms with Crippen LogP contribution in [0, 0.1) is 6.92 Å². The predicted molar refractivity (Wildman–Crippen MR) is 118 cm³/mol. The Morgan fingerprint density at radius 1 is 1.03 bits per heavy atom. The summed E-state index contributed by atoms with van der Waals surface area (Å²) in [5.74, 6) is 1.33. The zero-order valence-electron chi connectivity index (χ0n) is 18.5. The highest BCUT2D eigenvalue weighted by Gasteiger charge is 2.24. The van der Waals surface area contributed by atoms with E-state index in [9.17, 15) is 9.59 Å². The summed E-state index contributed by atoms with van der Waals surface area (Å²) < 4.78 is 15.6. The van der Waals surface area contributed by atoms with Crippen molar-refractivity contribution in [2.24, 2.45) is 0 Å². The first kappa shape index (κ1) is 22.7. The average molecular weight is 430 g/mol. The van der Waals surface area contributed by atoms with Gasteiger partial charge in [0.1, 0.15) is 11.5 Å². The van der Waals surface area contributed by atoms with Crippen molar-refractivity contribution in [1.29, 1.82) is 0 Å². The highest BCUT2D eigenvalue weighted by Crippen LogP contribution is 2.21.